The van der Waals surface area contributed by atoms with E-state index in [4.69, 9.17) is 0 Å². The zero-order valence-electron chi connectivity index (χ0n) is 14.6. The largest absolute Gasteiger partial charge is 0.298 e. The Balaban J connectivity index is 1.44. The normalized spacial score (nSPS) is 13.9. The van der Waals surface area contributed by atoms with E-state index in [2.05, 4.69) is 15.0 Å². The van der Waals surface area contributed by atoms with Crippen molar-refractivity contribution in [2.75, 3.05) is 10.0 Å². The lowest BCUT2D eigenvalue weighted by molar-refractivity contribution is 0.102. The average Bonchev–Trinajstić information content (AvgIpc) is 3.43. The summed E-state index contributed by atoms with van der Waals surface area (Å²) in [6.07, 6.45) is 2.28. The van der Waals surface area contributed by atoms with E-state index >= 15 is 0 Å². The number of benzene rings is 2. The van der Waals surface area contributed by atoms with Crippen LogP contribution in [-0.4, -0.2) is 19.3 Å². The average molecular weight is 417 g/mol. The molecule has 3 aromatic rings. The molecule has 0 atom stereocenters. The third-order valence-electron chi connectivity index (χ3n) is 4.26. The van der Waals surface area contributed by atoms with E-state index in [0.717, 1.165) is 18.5 Å². The number of aromatic nitrogens is 1. The van der Waals surface area contributed by atoms with Crippen LogP contribution in [0.3, 0.4) is 0 Å². The van der Waals surface area contributed by atoms with Crippen molar-refractivity contribution in [3.8, 4) is 0 Å². The fourth-order valence-electron chi connectivity index (χ4n) is 2.60. The molecule has 0 radical (unpaired) electrons. The van der Waals surface area contributed by atoms with Gasteiger partial charge >= 0.3 is 0 Å². The number of nitrogens with zero attached hydrogens (tertiary/aromatic N) is 1. The van der Waals surface area contributed by atoms with Crippen molar-refractivity contribution in [1.82, 2.24) is 4.98 Å². The summed E-state index contributed by atoms with van der Waals surface area (Å²) in [4.78, 5) is 16.7. The highest BCUT2D eigenvalue weighted by molar-refractivity contribution is 7.92. The second kappa shape index (κ2) is 7.33. The van der Waals surface area contributed by atoms with Crippen molar-refractivity contribution in [1.29, 1.82) is 0 Å². The number of halogens is 1. The zero-order chi connectivity index (χ0) is 19.7. The molecule has 1 fully saturated rings. The molecule has 144 valence electrons. The Bertz CT molecular complexity index is 1110. The van der Waals surface area contributed by atoms with Crippen LogP contribution in [0.15, 0.2) is 58.8 Å². The number of nitrogens with one attached hydrogen (secondary N) is 2. The van der Waals surface area contributed by atoms with Crippen molar-refractivity contribution >= 4 is 38.1 Å². The first-order chi connectivity index (χ1) is 13.4. The molecule has 1 aliphatic rings. The van der Waals surface area contributed by atoms with Gasteiger partial charge < -0.3 is 0 Å². The topological polar surface area (TPSA) is 88.2 Å². The first-order valence-corrected chi connectivity index (χ1v) is 10.9. The molecule has 4 rings (SSSR count). The summed E-state index contributed by atoms with van der Waals surface area (Å²) in [6.45, 7) is 0. The summed E-state index contributed by atoms with van der Waals surface area (Å²) in [6, 6.07) is 10.6. The summed E-state index contributed by atoms with van der Waals surface area (Å²) in [5.41, 5.74) is 1.58. The molecule has 0 saturated heterocycles. The van der Waals surface area contributed by atoms with Crippen LogP contribution < -0.4 is 10.0 Å². The number of amides is 1. The van der Waals surface area contributed by atoms with E-state index in [1.54, 1.807) is 0 Å². The van der Waals surface area contributed by atoms with Crippen LogP contribution in [0.2, 0.25) is 0 Å². The Morgan fingerprint density at radius 2 is 1.75 bits per heavy atom. The van der Waals surface area contributed by atoms with Crippen LogP contribution in [0, 0.1) is 5.82 Å². The number of hydrogen-bond acceptors (Lipinski definition) is 5. The SMILES string of the molecule is O=C(Nc1nc(C2CC2)cs1)c1ccc(S(=O)(=O)Nc2ccc(F)cc2)cc1. The van der Waals surface area contributed by atoms with Gasteiger partial charge in [0.1, 0.15) is 5.82 Å². The quantitative estimate of drug-likeness (QED) is 0.629. The summed E-state index contributed by atoms with van der Waals surface area (Å²) in [5, 5.41) is 5.21. The van der Waals surface area contributed by atoms with Crippen molar-refractivity contribution < 1.29 is 17.6 Å². The van der Waals surface area contributed by atoms with E-state index < -0.39 is 15.8 Å². The zero-order valence-corrected chi connectivity index (χ0v) is 16.2. The van der Waals surface area contributed by atoms with Gasteiger partial charge in [0.2, 0.25) is 0 Å². The van der Waals surface area contributed by atoms with Gasteiger partial charge in [0, 0.05) is 22.5 Å². The fraction of sp³-hybridized carbons (Fsp3) is 0.158. The summed E-state index contributed by atoms with van der Waals surface area (Å²) < 4.78 is 40.1. The van der Waals surface area contributed by atoms with Crippen LogP contribution in [0.5, 0.6) is 0 Å². The number of sulfonamides is 1. The van der Waals surface area contributed by atoms with Crippen LogP contribution in [0.1, 0.15) is 34.8 Å². The van der Waals surface area contributed by atoms with Gasteiger partial charge in [-0.3, -0.25) is 14.8 Å². The van der Waals surface area contributed by atoms with E-state index in [1.807, 2.05) is 5.38 Å². The molecule has 2 N–H and O–H groups in total. The molecule has 1 aliphatic carbocycles. The van der Waals surface area contributed by atoms with Gasteiger partial charge in [-0.05, 0) is 61.4 Å². The Morgan fingerprint density at radius 1 is 1.07 bits per heavy atom. The molecule has 1 aromatic heterocycles. The number of anilines is 2. The molecule has 2 aromatic carbocycles. The molecule has 1 saturated carbocycles. The highest BCUT2D eigenvalue weighted by Gasteiger charge is 2.26. The highest BCUT2D eigenvalue weighted by atomic mass is 32.2. The van der Waals surface area contributed by atoms with Crippen LogP contribution >= 0.6 is 11.3 Å². The maximum atomic E-state index is 12.9. The van der Waals surface area contributed by atoms with Crippen LogP contribution in [-0.2, 0) is 10.0 Å². The second-order valence-electron chi connectivity index (χ2n) is 6.44. The molecular weight excluding hydrogens is 401 g/mol. The van der Waals surface area contributed by atoms with E-state index in [9.17, 15) is 17.6 Å². The third-order valence-corrected chi connectivity index (χ3v) is 6.43. The number of thiazole rings is 1. The third kappa shape index (κ3) is 4.20. The fourth-order valence-corrected chi connectivity index (χ4v) is 4.44. The van der Waals surface area contributed by atoms with Gasteiger partial charge in [0.25, 0.3) is 15.9 Å². The predicted molar refractivity (Wildman–Crippen MR) is 106 cm³/mol. The lowest BCUT2D eigenvalue weighted by atomic mass is 10.2. The van der Waals surface area contributed by atoms with Gasteiger partial charge in [-0.15, -0.1) is 11.3 Å². The van der Waals surface area contributed by atoms with Gasteiger partial charge in [-0.2, -0.15) is 0 Å². The van der Waals surface area contributed by atoms with Crippen LogP contribution in [0.4, 0.5) is 15.2 Å². The molecule has 1 amide bonds. The summed E-state index contributed by atoms with van der Waals surface area (Å²) in [5.74, 6) is -0.296. The number of carbonyl (C=O) groups excluding carboxylic acids is 1. The summed E-state index contributed by atoms with van der Waals surface area (Å²) in [7, 11) is -3.84. The smallest absolute Gasteiger partial charge is 0.261 e. The minimum absolute atomic E-state index is 0.00126. The van der Waals surface area contributed by atoms with Gasteiger partial charge in [0.15, 0.2) is 5.13 Å². The minimum atomic E-state index is -3.84. The number of rotatable bonds is 6. The van der Waals surface area contributed by atoms with E-state index in [1.165, 1.54) is 59.9 Å². The Hall–Kier alpha value is -2.78. The number of carbonyl (C=O) groups is 1. The van der Waals surface area contributed by atoms with E-state index in [-0.39, 0.29) is 16.5 Å². The molecule has 0 spiro atoms. The molecule has 9 heteroatoms. The number of hydrogen-bond donors (Lipinski definition) is 2. The molecule has 0 aliphatic heterocycles. The Morgan fingerprint density at radius 3 is 2.39 bits per heavy atom. The van der Waals surface area contributed by atoms with Gasteiger partial charge in [-0.25, -0.2) is 17.8 Å². The predicted octanol–water partition coefficient (Wildman–Crippen LogP) is 4.21. The van der Waals surface area contributed by atoms with Crippen molar-refractivity contribution in [2.24, 2.45) is 0 Å². The summed E-state index contributed by atoms with van der Waals surface area (Å²) >= 11 is 1.37. The highest BCUT2D eigenvalue weighted by Crippen LogP contribution is 2.40. The lowest BCUT2D eigenvalue weighted by Crippen LogP contribution is -2.14. The first kappa shape index (κ1) is 18.6. The standard InChI is InChI=1S/C19H16FN3O3S2/c20-14-5-7-15(8-6-14)23-28(25,26)16-9-3-13(4-10-16)18(24)22-19-21-17(11-27-19)12-1-2-12/h3-12,23H,1-2H2,(H,21,22,24). The molecule has 6 nitrogen and oxygen atoms in total. The van der Waals surface area contributed by atoms with E-state index in [0.29, 0.717) is 16.6 Å². The molecule has 0 unspecified atom stereocenters. The molecule has 1 heterocycles. The molecular formula is C19H16FN3O3S2. The monoisotopic (exact) mass is 417 g/mol. The Kier molecular flexibility index (Phi) is 4.86. The maximum absolute atomic E-state index is 12.9. The van der Waals surface area contributed by atoms with Crippen molar-refractivity contribution in [2.45, 2.75) is 23.7 Å². The maximum Gasteiger partial charge on any atom is 0.261 e. The van der Waals surface area contributed by atoms with Crippen molar-refractivity contribution in [3.63, 3.8) is 0 Å². The first-order valence-electron chi connectivity index (χ1n) is 8.56. The lowest BCUT2D eigenvalue weighted by Gasteiger charge is -2.09. The van der Waals surface area contributed by atoms with Gasteiger partial charge in [-0.1, -0.05) is 0 Å². The van der Waals surface area contributed by atoms with Crippen molar-refractivity contribution in [3.05, 3.63) is 71.0 Å². The molecule has 0 bridgehead atoms. The minimum Gasteiger partial charge on any atom is -0.298 e. The molecule has 28 heavy (non-hydrogen) atoms. The van der Waals surface area contributed by atoms with Crippen LogP contribution in [0.25, 0.3) is 0 Å². The Labute approximate surface area is 165 Å². The second-order valence-corrected chi connectivity index (χ2v) is 8.98. The van der Waals surface area contributed by atoms with Gasteiger partial charge in [0.05, 0.1) is 10.6 Å².